The molecule has 0 atom stereocenters. The standard InChI is InChI=1S/C14H15N3O4/c1-16-10-8-17(13(18)11-4-3-7-21-11)6-5-9(10)12(15-16)14(19)20-2/h3-4,7H,5-6,8H2,1-2H3. The summed E-state index contributed by atoms with van der Waals surface area (Å²) in [6.45, 7) is 0.914. The molecule has 0 aliphatic carbocycles. The second-order valence-corrected chi connectivity index (χ2v) is 4.84. The number of carbonyl (C=O) groups excluding carboxylic acids is 2. The van der Waals surface area contributed by atoms with Gasteiger partial charge in [0.05, 0.1) is 25.6 Å². The monoisotopic (exact) mass is 289 g/mol. The Hall–Kier alpha value is -2.57. The molecule has 3 heterocycles. The van der Waals surface area contributed by atoms with Crippen LogP contribution in [0.1, 0.15) is 32.3 Å². The minimum Gasteiger partial charge on any atom is -0.464 e. The van der Waals surface area contributed by atoms with E-state index in [2.05, 4.69) is 5.10 Å². The first kappa shape index (κ1) is 13.4. The van der Waals surface area contributed by atoms with Gasteiger partial charge in [0.1, 0.15) is 0 Å². The van der Waals surface area contributed by atoms with Gasteiger partial charge in [0.2, 0.25) is 0 Å². The molecule has 110 valence electrons. The fourth-order valence-electron chi connectivity index (χ4n) is 2.56. The van der Waals surface area contributed by atoms with Crippen molar-refractivity contribution in [2.24, 2.45) is 7.05 Å². The minimum atomic E-state index is -0.447. The van der Waals surface area contributed by atoms with Crippen molar-refractivity contribution in [3.8, 4) is 0 Å². The molecular weight excluding hydrogens is 274 g/mol. The normalized spacial score (nSPS) is 13.9. The van der Waals surface area contributed by atoms with Crippen molar-refractivity contribution >= 4 is 11.9 Å². The summed E-state index contributed by atoms with van der Waals surface area (Å²) in [6, 6.07) is 3.32. The predicted molar refractivity (Wildman–Crippen MR) is 71.7 cm³/mol. The molecule has 21 heavy (non-hydrogen) atoms. The van der Waals surface area contributed by atoms with Crippen LogP contribution in [0.2, 0.25) is 0 Å². The Morgan fingerprint density at radius 3 is 2.90 bits per heavy atom. The van der Waals surface area contributed by atoms with Gasteiger partial charge in [-0.3, -0.25) is 9.48 Å². The second kappa shape index (κ2) is 5.08. The van der Waals surface area contributed by atoms with Gasteiger partial charge < -0.3 is 14.1 Å². The van der Waals surface area contributed by atoms with Crippen molar-refractivity contribution in [2.75, 3.05) is 13.7 Å². The number of nitrogens with zero attached hydrogens (tertiary/aromatic N) is 3. The summed E-state index contributed by atoms with van der Waals surface area (Å²) in [5.74, 6) is -0.294. The molecule has 0 fully saturated rings. The zero-order chi connectivity index (χ0) is 15.0. The van der Waals surface area contributed by atoms with Crippen LogP contribution in [0, 0.1) is 0 Å². The third-order valence-electron chi connectivity index (χ3n) is 3.65. The number of aromatic nitrogens is 2. The van der Waals surface area contributed by atoms with Crippen LogP contribution in [0.5, 0.6) is 0 Å². The lowest BCUT2D eigenvalue weighted by molar-refractivity contribution is 0.0591. The molecule has 1 aliphatic heterocycles. The summed E-state index contributed by atoms with van der Waals surface area (Å²) in [5, 5.41) is 4.20. The zero-order valence-corrected chi connectivity index (χ0v) is 11.8. The lowest BCUT2D eigenvalue weighted by atomic mass is 10.0. The van der Waals surface area contributed by atoms with Crippen molar-refractivity contribution in [3.63, 3.8) is 0 Å². The molecule has 1 aliphatic rings. The van der Waals surface area contributed by atoms with Crippen LogP contribution < -0.4 is 0 Å². The van der Waals surface area contributed by atoms with E-state index in [1.54, 1.807) is 28.8 Å². The van der Waals surface area contributed by atoms with E-state index in [0.717, 1.165) is 11.3 Å². The molecule has 3 rings (SSSR count). The number of hydrogen-bond donors (Lipinski definition) is 0. The van der Waals surface area contributed by atoms with Gasteiger partial charge in [-0.2, -0.15) is 5.10 Å². The van der Waals surface area contributed by atoms with Gasteiger partial charge in [-0.15, -0.1) is 0 Å². The van der Waals surface area contributed by atoms with Gasteiger partial charge in [-0.25, -0.2) is 4.79 Å². The molecule has 2 aromatic heterocycles. The Morgan fingerprint density at radius 2 is 2.24 bits per heavy atom. The smallest absolute Gasteiger partial charge is 0.358 e. The van der Waals surface area contributed by atoms with Gasteiger partial charge in [0, 0.05) is 19.2 Å². The third kappa shape index (κ3) is 2.20. The molecular formula is C14H15N3O4. The zero-order valence-electron chi connectivity index (χ0n) is 11.8. The summed E-state index contributed by atoms with van der Waals surface area (Å²) in [5.41, 5.74) is 2.04. The predicted octanol–water partition coefficient (Wildman–Crippen LogP) is 0.998. The maximum Gasteiger partial charge on any atom is 0.358 e. The van der Waals surface area contributed by atoms with Gasteiger partial charge in [0.15, 0.2) is 11.5 Å². The van der Waals surface area contributed by atoms with Crippen LogP contribution in [0.3, 0.4) is 0 Å². The molecule has 0 N–H and O–H groups in total. The SMILES string of the molecule is COC(=O)c1nn(C)c2c1CCN(C(=O)c1ccco1)C2. The summed E-state index contributed by atoms with van der Waals surface area (Å²) < 4.78 is 11.5. The summed E-state index contributed by atoms with van der Waals surface area (Å²) in [4.78, 5) is 25.7. The van der Waals surface area contributed by atoms with E-state index >= 15 is 0 Å². The Labute approximate surface area is 121 Å². The van der Waals surface area contributed by atoms with Crippen molar-refractivity contribution in [3.05, 3.63) is 41.1 Å². The van der Waals surface area contributed by atoms with Crippen LogP contribution in [0.4, 0.5) is 0 Å². The summed E-state index contributed by atoms with van der Waals surface area (Å²) >= 11 is 0. The summed E-state index contributed by atoms with van der Waals surface area (Å²) in [7, 11) is 3.09. The van der Waals surface area contributed by atoms with Crippen molar-refractivity contribution in [2.45, 2.75) is 13.0 Å². The molecule has 1 amide bonds. The maximum atomic E-state index is 12.3. The maximum absolute atomic E-state index is 12.3. The van der Waals surface area contributed by atoms with Gasteiger partial charge in [-0.05, 0) is 18.6 Å². The number of methoxy groups -OCH3 is 1. The Balaban J connectivity index is 1.88. The van der Waals surface area contributed by atoms with Crippen LogP contribution >= 0.6 is 0 Å². The Morgan fingerprint density at radius 1 is 1.43 bits per heavy atom. The molecule has 0 saturated heterocycles. The van der Waals surface area contributed by atoms with E-state index in [-0.39, 0.29) is 5.91 Å². The molecule has 0 bridgehead atoms. The van der Waals surface area contributed by atoms with E-state index in [1.165, 1.54) is 13.4 Å². The number of hydrogen-bond acceptors (Lipinski definition) is 5. The van der Waals surface area contributed by atoms with Crippen LogP contribution in [-0.4, -0.2) is 40.2 Å². The van der Waals surface area contributed by atoms with E-state index in [9.17, 15) is 9.59 Å². The number of rotatable bonds is 2. The molecule has 2 aromatic rings. The average molecular weight is 289 g/mol. The number of aryl methyl sites for hydroxylation is 1. The van der Waals surface area contributed by atoms with E-state index in [1.807, 2.05) is 0 Å². The molecule has 0 radical (unpaired) electrons. The number of carbonyl (C=O) groups is 2. The van der Waals surface area contributed by atoms with Crippen molar-refractivity contribution in [1.29, 1.82) is 0 Å². The highest BCUT2D eigenvalue weighted by Crippen LogP contribution is 2.23. The van der Waals surface area contributed by atoms with E-state index in [4.69, 9.17) is 9.15 Å². The van der Waals surface area contributed by atoms with Crippen LogP contribution in [0.25, 0.3) is 0 Å². The van der Waals surface area contributed by atoms with Crippen LogP contribution in [0.15, 0.2) is 22.8 Å². The number of ether oxygens (including phenoxy) is 1. The van der Waals surface area contributed by atoms with Gasteiger partial charge in [-0.1, -0.05) is 0 Å². The van der Waals surface area contributed by atoms with Gasteiger partial charge in [0.25, 0.3) is 5.91 Å². The number of esters is 1. The number of amides is 1. The van der Waals surface area contributed by atoms with E-state index < -0.39 is 5.97 Å². The highest BCUT2D eigenvalue weighted by Gasteiger charge is 2.30. The molecule has 7 heteroatoms. The fraction of sp³-hybridized carbons (Fsp3) is 0.357. The first-order valence-corrected chi connectivity index (χ1v) is 6.57. The lowest BCUT2D eigenvalue weighted by Gasteiger charge is -2.26. The van der Waals surface area contributed by atoms with Crippen molar-refractivity contribution in [1.82, 2.24) is 14.7 Å². The van der Waals surface area contributed by atoms with Crippen LogP contribution in [-0.2, 0) is 24.8 Å². The largest absolute Gasteiger partial charge is 0.464 e. The lowest BCUT2D eigenvalue weighted by Crippen LogP contribution is -2.36. The first-order valence-electron chi connectivity index (χ1n) is 6.57. The Bertz CT molecular complexity index is 687. The second-order valence-electron chi connectivity index (χ2n) is 4.84. The molecule has 0 saturated carbocycles. The molecule has 0 spiro atoms. The Kier molecular flexibility index (Phi) is 3.25. The molecule has 7 nitrogen and oxygen atoms in total. The van der Waals surface area contributed by atoms with Crippen molar-refractivity contribution < 1.29 is 18.7 Å². The number of furan rings is 1. The molecule has 0 unspecified atom stereocenters. The average Bonchev–Trinajstić information content (AvgIpc) is 3.14. The topological polar surface area (TPSA) is 77.6 Å². The quantitative estimate of drug-likeness (QED) is 0.771. The highest BCUT2D eigenvalue weighted by molar-refractivity contribution is 5.92. The van der Waals surface area contributed by atoms with E-state index in [0.29, 0.717) is 31.0 Å². The third-order valence-corrected chi connectivity index (χ3v) is 3.65. The highest BCUT2D eigenvalue weighted by atomic mass is 16.5. The number of fused-ring (bicyclic) bond motifs is 1. The van der Waals surface area contributed by atoms with Gasteiger partial charge >= 0.3 is 5.97 Å². The fourth-order valence-corrected chi connectivity index (χ4v) is 2.56. The minimum absolute atomic E-state index is 0.161. The summed E-state index contributed by atoms with van der Waals surface area (Å²) in [6.07, 6.45) is 2.04. The molecule has 0 aromatic carbocycles. The first-order chi connectivity index (χ1) is 10.1.